The summed E-state index contributed by atoms with van der Waals surface area (Å²) in [5.74, 6) is 0. The Morgan fingerprint density at radius 2 is 0.860 bits per heavy atom. The summed E-state index contributed by atoms with van der Waals surface area (Å²) in [6.45, 7) is 6.81. The van der Waals surface area contributed by atoms with Crippen molar-refractivity contribution in [2.24, 2.45) is 0 Å². The van der Waals surface area contributed by atoms with Crippen LogP contribution in [0, 0.1) is 0 Å². The van der Waals surface area contributed by atoms with E-state index in [4.69, 9.17) is 0 Å². The first-order chi connectivity index (χ1) is 28.1. The lowest BCUT2D eigenvalue weighted by atomic mass is 9.92. The van der Waals surface area contributed by atoms with Crippen LogP contribution in [0.25, 0.3) is 106 Å². The third-order valence-electron chi connectivity index (χ3n) is 11.6. The minimum atomic E-state index is 1.01. The molecular weight excluding hydrogens is 725 g/mol. The van der Waals surface area contributed by atoms with Gasteiger partial charge in [-0.2, -0.15) is 0 Å². The summed E-state index contributed by atoms with van der Waals surface area (Å²) in [4.78, 5) is 0. The van der Waals surface area contributed by atoms with Crippen LogP contribution in [0.4, 0.5) is 0 Å². The molecule has 0 N–H and O–H groups in total. The summed E-state index contributed by atoms with van der Waals surface area (Å²) < 4.78 is 5.25. The maximum atomic E-state index is 4.59. The molecule has 2 aromatic heterocycles. The van der Waals surface area contributed by atoms with Crippen LogP contribution in [-0.2, 0) is 0 Å². The zero-order valence-corrected chi connectivity index (χ0v) is 33.1. The molecular formula is C55H36S2. The van der Waals surface area contributed by atoms with E-state index in [1.807, 2.05) is 22.7 Å². The number of allylic oxidation sites excluding steroid dienone is 5. The van der Waals surface area contributed by atoms with E-state index in [0.29, 0.717) is 0 Å². The highest BCUT2D eigenvalue weighted by Gasteiger charge is 2.16. The molecule has 0 aliphatic heterocycles. The van der Waals surface area contributed by atoms with Crippen molar-refractivity contribution in [2.75, 3.05) is 0 Å². The van der Waals surface area contributed by atoms with E-state index < -0.39 is 0 Å². The molecule has 57 heavy (non-hydrogen) atoms. The minimum Gasteiger partial charge on any atom is -0.134 e. The number of benzene rings is 9. The van der Waals surface area contributed by atoms with Crippen molar-refractivity contribution in [1.82, 2.24) is 0 Å². The zero-order chi connectivity index (χ0) is 38.0. The molecule has 0 aliphatic rings. The van der Waals surface area contributed by atoms with Gasteiger partial charge in [0.25, 0.3) is 0 Å². The van der Waals surface area contributed by atoms with Crippen LogP contribution in [0.15, 0.2) is 195 Å². The first kappa shape index (κ1) is 33.7. The first-order valence-corrected chi connectivity index (χ1v) is 21.1. The molecule has 2 heterocycles. The molecule has 0 bridgehead atoms. The molecule has 0 spiro atoms. The fourth-order valence-corrected chi connectivity index (χ4v) is 11.6. The Bertz CT molecular complexity index is 3440. The molecule has 0 nitrogen and oxygen atoms in total. The second-order valence-electron chi connectivity index (χ2n) is 14.9. The monoisotopic (exact) mass is 760 g/mol. The van der Waals surface area contributed by atoms with Crippen molar-refractivity contribution in [3.8, 4) is 22.3 Å². The molecule has 9 aromatic carbocycles. The first-order valence-electron chi connectivity index (χ1n) is 19.4. The number of fused-ring (bicyclic) bond motifs is 12. The summed E-state index contributed by atoms with van der Waals surface area (Å²) in [7, 11) is 0. The quantitative estimate of drug-likeness (QED) is 0.117. The van der Waals surface area contributed by atoms with Gasteiger partial charge in [-0.1, -0.05) is 189 Å². The second-order valence-corrected chi connectivity index (χ2v) is 16.9. The van der Waals surface area contributed by atoms with Gasteiger partial charge in [0, 0.05) is 40.3 Å². The topological polar surface area (TPSA) is 0 Å². The Hall–Kier alpha value is -6.58. The lowest BCUT2D eigenvalue weighted by molar-refractivity contribution is 1.64. The highest BCUT2D eigenvalue weighted by Crippen LogP contribution is 2.45. The van der Waals surface area contributed by atoms with Gasteiger partial charge >= 0.3 is 0 Å². The minimum absolute atomic E-state index is 1.01. The Morgan fingerprint density at radius 1 is 0.404 bits per heavy atom. The van der Waals surface area contributed by atoms with E-state index in [-0.39, 0.29) is 0 Å². The van der Waals surface area contributed by atoms with Crippen molar-refractivity contribution in [3.05, 3.63) is 206 Å². The molecule has 0 amide bonds. The Morgan fingerprint density at radius 3 is 1.47 bits per heavy atom. The Labute approximate surface area is 339 Å². The molecule has 268 valence electrons. The molecule has 0 aliphatic carbocycles. The van der Waals surface area contributed by atoms with Crippen LogP contribution in [0.3, 0.4) is 0 Å². The standard InChI is InChI=1S/C55H36S2/c1-34(38-23-11-27-47-49-29-13-25-40(54(49)56-52(38)47)36-17-4-3-5-18-36)15-10-16-35(2)39-24-12-28-48-50-30-14-26-41(55(50)57-53(39)48)37-31-32-46-44-21-7-6-19-42(44)43-20-8-9-22-45(43)51(46)33-37/h3-33H,2H2,1H3/b16-10-,34-15+. The molecule has 0 unspecified atom stereocenters. The van der Waals surface area contributed by atoms with Crippen molar-refractivity contribution in [1.29, 1.82) is 0 Å². The largest absolute Gasteiger partial charge is 0.134 e. The van der Waals surface area contributed by atoms with Crippen LogP contribution in [0.5, 0.6) is 0 Å². The Kier molecular flexibility index (Phi) is 8.03. The molecule has 0 saturated heterocycles. The predicted octanol–water partition coefficient (Wildman–Crippen LogP) is 16.9. The van der Waals surface area contributed by atoms with Crippen LogP contribution in [0.1, 0.15) is 18.1 Å². The zero-order valence-electron chi connectivity index (χ0n) is 31.4. The van der Waals surface area contributed by atoms with Crippen LogP contribution < -0.4 is 0 Å². The molecule has 0 saturated carbocycles. The average molecular weight is 761 g/mol. The summed E-state index contributed by atoms with van der Waals surface area (Å²) in [5.41, 5.74) is 9.75. The highest BCUT2D eigenvalue weighted by molar-refractivity contribution is 7.27. The SMILES string of the molecule is C=C(/C=C\C=C(/C)c1cccc2c1sc1c(-c3ccccc3)cccc12)c1cccc2c1sc1c(-c3ccc4c5ccccc5c5ccccc5c4c3)cccc12. The summed E-state index contributed by atoms with van der Waals surface area (Å²) in [6, 6.07) is 62.2. The summed E-state index contributed by atoms with van der Waals surface area (Å²) in [6.07, 6.45) is 6.57. The number of rotatable bonds is 6. The molecule has 0 radical (unpaired) electrons. The smallest absolute Gasteiger partial charge is 0.0434 e. The van der Waals surface area contributed by atoms with Gasteiger partial charge in [0.2, 0.25) is 0 Å². The van der Waals surface area contributed by atoms with Gasteiger partial charge in [0.05, 0.1) is 0 Å². The van der Waals surface area contributed by atoms with Crippen LogP contribution >= 0.6 is 22.7 Å². The number of thiophene rings is 2. The molecule has 2 heteroatoms. The van der Waals surface area contributed by atoms with Gasteiger partial charge in [-0.25, -0.2) is 0 Å². The lowest BCUT2D eigenvalue weighted by Crippen LogP contribution is -1.85. The van der Waals surface area contributed by atoms with Gasteiger partial charge in [0.1, 0.15) is 0 Å². The number of hydrogen-bond donors (Lipinski definition) is 0. The van der Waals surface area contributed by atoms with Gasteiger partial charge in [-0.15, -0.1) is 22.7 Å². The van der Waals surface area contributed by atoms with E-state index in [0.717, 1.165) is 5.57 Å². The van der Waals surface area contributed by atoms with Crippen molar-refractivity contribution in [3.63, 3.8) is 0 Å². The Balaban J connectivity index is 0.958. The van der Waals surface area contributed by atoms with Gasteiger partial charge in [0.15, 0.2) is 0 Å². The van der Waals surface area contributed by atoms with Gasteiger partial charge in [-0.05, 0) is 89.8 Å². The van der Waals surface area contributed by atoms with Crippen LogP contribution in [0.2, 0.25) is 0 Å². The van der Waals surface area contributed by atoms with E-state index in [9.17, 15) is 0 Å². The van der Waals surface area contributed by atoms with E-state index in [1.54, 1.807) is 0 Å². The second kappa shape index (κ2) is 13.6. The lowest BCUT2D eigenvalue weighted by Gasteiger charge is -2.12. The van der Waals surface area contributed by atoms with E-state index >= 15 is 0 Å². The van der Waals surface area contributed by atoms with Crippen molar-refractivity contribution >= 4 is 106 Å². The fourth-order valence-electron chi connectivity index (χ4n) is 8.84. The molecule has 0 atom stereocenters. The predicted molar refractivity (Wildman–Crippen MR) is 254 cm³/mol. The van der Waals surface area contributed by atoms with Gasteiger partial charge < -0.3 is 0 Å². The van der Waals surface area contributed by atoms with E-state index in [1.165, 1.54) is 112 Å². The maximum absolute atomic E-state index is 4.59. The highest BCUT2D eigenvalue weighted by atomic mass is 32.1. The fraction of sp³-hybridized carbons (Fsp3) is 0.0182. The molecule has 11 aromatic rings. The van der Waals surface area contributed by atoms with Crippen LogP contribution in [-0.4, -0.2) is 0 Å². The van der Waals surface area contributed by atoms with Crippen molar-refractivity contribution in [2.45, 2.75) is 6.92 Å². The molecule has 11 rings (SSSR count). The third-order valence-corrected chi connectivity index (χ3v) is 14.2. The summed E-state index contributed by atoms with van der Waals surface area (Å²) >= 11 is 3.78. The molecule has 0 fully saturated rings. The average Bonchev–Trinajstić information content (AvgIpc) is 3.85. The van der Waals surface area contributed by atoms with E-state index in [2.05, 4.69) is 202 Å². The summed E-state index contributed by atoms with van der Waals surface area (Å²) in [5, 5.41) is 13.0. The maximum Gasteiger partial charge on any atom is 0.0434 e. The normalized spacial score (nSPS) is 12.4. The number of hydrogen-bond acceptors (Lipinski definition) is 2. The third kappa shape index (κ3) is 5.48. The van der Waals surface area contributed by atoms with Crippen molar-refractivity contribution < 1.29 is 0 Å². The van der Waals surface area contributed by atoms with Gasteiger partial charge in [-0.3, -0.25) is 0 Å².